The van der Waals surface area contributed by atoms with Gasteiger partial charge in [0.2, 0.25) is 0 Å². The van der Waals surface area contributed by atoms with Gasteiger partial charge < -0.3 is 0 Å². The molecule has 1 aromatic rings. The molecule has 0 aliphatic carbocycles. The summed E-state index contributed by atoms with van der Waals surface area (Å²) in [4.78, 5) is 6.70. The Morgan fingerprint density at radius 1 is 1.53 bits per heavy atom. The first-order chi connectivity index (χ1) is 7.25. The van der Waals surface area contributed by atoms with Gasteiger partial charge in [-0.15, -0.1) is 0 Å². The lowest BCUT2D eigenvalue weighted by Crippen LogP contribution is -2.21. The molecule has 1 unspecified atom stereocenters. The Balaban J connectivity index is 1.88. The summed E-state index contributed by atoms with van der Waals surface area (Å²) in [7, 11) is 0. The van der Waals surface area contributed by atoms with Crippen molar-refractivity contribution in [3.63, 3.8) is 0 Å². The van der Waals surface area contributed by atoms with E-state index < -0.39 is 0 Å². The Morgan fingerprint density at radius 2 is 2.40 bits per heavy atom. The van der Waals surface area contributed by atoms with Crippen LogP contribution in [0.1, 0.15) is 25.8 Å². The number of nitrogens with zero attached hydrogens (tertiary/aromatic N) is 2. The van der Waals surface area contributed by atoms with Gasteiger partial charge in [-0.2, -0.15) is 0 Å². The highest BCUT2D eigenvalue weighted by Gasteiger charge is 2.24. The summed E-state index contributed by atoms with van der Waals surface area (Å²) in [5.74, 6) is 1.71. The molecule has 2 heterocycles. The van der Waals surface area contributed by atoms with Crippen LogP contribution in [-0.4, -0.2) is 23.0 Å². The van der Waals surface area contributed by atoms with Crippen molar-refractivity contribution in [1.82, 2.24) is 9.88 Å². The third-order valence-corrected chi connectivity index (χ3v) is 3.38. The first kappa shape index (κ1) is 10.6. The lowest BCUT2D eigenvalue weighted by atomic mass is 9.95. The summed E-state index contributed by atoms with van der Waals surface area (Å²) in [5, 5.41) is 0. The number of aromatic nitrogens is 1. The van der Waals surface area contributed by atoms with Crippen LogP contribution in [0.25, 0.3) is 0 Å². The molecule has 1 aliphatic heterocycles. The van der Waals surface area contributed by atoms with Gasteiger partial charge in [-0.05, 0) is 36.4 Å². The van der Waals surface area contributed by atoms with E-state index in [0.717, 1.165) is 18.4 Å². The second kappa shape index (κ2) is 4.75. The van der Waals surface area contributed by atoms with Crippen molar-refractivity contribution >= 4 is 0 Å². The van der Waals surface area contributed by atoms with E-state index in [4.69, 9.17) is 0 Å². The highest BCUT2D eigenvalue weighted by molar-refractivity contribution is 5.08. The molecule has 1 aromatic heterocycles. The highest BCUT2D eigenvalue weighted by atomic mass is 15.1. The number of hydrogen-bond donors (Lipinski definition) is 0. The van der Waals surface area contributed by atoms with Gasteiger partial charge in [-0.3, -0.25) is 9.88 Å². The molecule has 0 spiro atoms. The standard InChI is InChI=1S/C13H20N2/c1-11(2)13-5-7-15(10-13)9-12-4-3-6-14-8-12/h3-4,6,8,11,13H,5,7,9-10H2,1-2H3. The number of rotatable bonds is 3. The van der Waals surface area contributed by atoms with Crippen molar-refractivity contribution in [2.75, 3.05) is 13.1 Å². The molecule has 2 nitrogen and oxygen atoms in total. The zero-order valence-corrected chi connectivity index (χ0v) is 9.69. The minimum atomic E-state index is 0.823. The second-order valence-electron chi connectivity index (χ2n) is 4.89. The Hall–Kier alpha value is -0.890. The van der Waals surface area contributed by atoms with Gasteiger partial charge in [0, 0.05) is 25.5 Å². The van der Waals surface area contributed by atoms with Crippen molar-refractivity contribution < 1.29 is 0 Å². The third-order valence-electron chi connectivity index (χ3n) is 3.38. The summed E-state index contributed by atoms with van der Waals surface area (Å²) in [6.07, 6.45) is 5.17. The molecule has 1 atom stereocenters. The summed E-state index contributed by atoms with van der Waals surface area (Å²) in [6.45, 7) is 8.23. The van der Waals surface area contributed by atoms with E-state index in [-0.39, 0.29) is 0 Å². The molecule has 2 heteroatoms. The lowest BCUT2D eigenvalue weighted by Gasteiger charge is -2.17. The zero-order chi connectivity index (χ0) is 10.7. The molecule has 2 rings (SSSR count). The molecule has 15 heavy (non-hydrogen) atoms. The van der Waals surface area contributed by atoms with Crippen molar-refractivity contribution in [2.45, 2.75) is 26.8 Å². The minimum Gasteiger partial charge on any atom is -0.299 e. The van der Waals surface area contributed by atoms with Crippen molar-refractivity contribution in [3.05, 3.63) is 30.1 Å². The van der Waals surface area contributed by atoms with Gasteiger partial charge >= 0.3 is 0 Å². The van der Waals surface area contributed by atoms with E-state index >= 15 is 0 Å². The van der Waals surface area contributed by atoms with Gasteiger partial charge in [0.1, 0.15) is 0 Å². The molecule has 0 amide bonds. The summed E-state index contributed by atoms with van der Waals surface area (Å²) in [6, 6.07) is 4.18. The van der Waals surface area contributed by atoms with Gasteiger partial charge in [0.25, 0.3) is 0 Å². The topological polar surface area (TPSA) is 16.1 Å². The maximum Gasteiger partial charge on any atom is 0.0312 e. The molecule has 0 radical (unpaired) electrons. The molecule has 1 aliphatic rings. The predicted molar refractivity (Wildman–Crippen MR) is 62.5 cm³/mol. The first-order valence-corrected chi connectivity index (χ1v) is 5.87. The first-order valence-electron chi connectivity index (χ1n) is 5.87. The molecular formula is C13H20N2. The molecule has 82 valence electrons. The number of likely N-dealkylation sites (tertiary alicyclic amines) is 1. The van der Waals surface area contributed by atoms with E-state index in [0.29, 0.717) is 0 Å². The van der Waals surface area contributed by atoms with Gasteiger partial charge in [0.15, 0.2) is 0 Å². The van der Waals surface area contributed by atoms with E-state index in [1.807, 2.05) is 18.5 Å². The predicted octanol–water partition coefficient (Wildman–Crippen LogP) is 2.56. The fraction of sp³-hybridized carbons (Fsp3) is 0.615. The van der Waals surface area contributed by atoms with Crippen LogP contribution in [0.2, 0.25) is 0 Å². The summed E-state index contributed by atoms with van der Waals surface area (Å²) < 4.78 is 0. The fourth-order valence-corrected chi connectivity index (χ4v) is 2.30. The van der Waals surface area contributed by atoms with Crippen LogP contribution in [0.3, 0.4) is 0 Å². The fourth-order valence-electron chi connectivity index (χ4n) is 2.30. The minimum absolute atomic E-state index is 0.823. The number of pyridine rings is 1. The Kier molecular flexibility index (Phi) is 3.37. The van der Waals surface area contributed by atoms with Crippen LogP contribution in [0, 0.1) is 11.8 Å². The van der Waals surface area contributed by atoms with Crippen LogP contribution in [0.4, 0.5) is 0 Å². The molecule has 0 saturated carbocycles. The third kappa shape index (κ3) is 2.78. The average Bonchev–Trinajstić information content (AvgIpc) is 2.68. The quantitative estimate of drug-likeness (QED) is 0.752. The zero-order valence-electron chi connectivity index (χ0n) is 9.69. The van der Waals surface area contributed by atoms with Gasteiger partial charge in [-0.25, -0.2) is 0 Å². The molecular weight excluding hydrogens is 184 g/mol. The molecule has 0 bridgehead atoms. The monoisotopic (exact) mass is 204 g/mol. The van der Waals surface area contributed by atoms with Crippen LogP contribution in [0.5, 0.6) is 0 Å². The Morgan fingerprint density at radius 3 is 3.00 bits per heavy atom. The Labute approximate surface area is 92.3 Å². The van der Waals surface area contributed by atoms with E-state index in [9.17, 15) is 0 Å². The smallest absolute Gasteiger partial charge is 0.0312 e. The van der Waals surface area contributed by atoms with Crippen LogP contribution in [0.15, 0.2) is 24.5 Å². The Bertz CT molecular complexity index is 295. The summed E-state index contributed by atoms with van der Waals surface area (Å²) >= 11 is 0. The van der Waals surface area contributed by atoms with Crippen molar-refractivity contribution in [3.8, 4) is 0 Å². The summed E-state index contributed by atoms with van der Waals surface area (Å²) in [5.41, 5.74) is 1.34. The highest BCUT2D eigenvalue weighted by Crippen LogP contribution is 2.24. The van der Waals surface area contributed by atoms with Crippen molar-refractivity contribution in [2.24, 2.45) is 11.8 Å². The SMILES string of the molecule is CC(C)C1CCN(Cc2cccnc2)C1. The molecule has 1 fully saturated rings. The number of hydrogen-bond acceptors (Lipinski definition) is 2. The maximum atomic E-state index is 4.15. The van der Waals surface area contributed by atoms with Crippen LogP contribution >= 0.6 is 0 Å². The van der Waals surface area contributed by atoms with E-state index in [2.05, 4.69) is 29.8 Å². The van der Waals surface area contributed by atoms with Crippen molar-refractivity contribution in [1.29, 1.82) is 0 Å². The molecule has 0 aromatic carbocycles. The van der Waals surface area contributed by atoms with Crippen LogP contribution in [-0.2, 0) is 6.54 Å². The molecule has 0 N–H and O–H groups in total. The average molecular weight is 204 g/mol. The van der Waals surface area contributed by atoms with Gasteiger partial charge in [0.05, 0.1) is 0 Å². The molecule has 1 saturated heterocycles. The maximum absolute atomic E-state index is 4.15. The van der Waals surface area contributed by atoms with E-state index in [1.165, 1.54) is 25.1 Å². The lowest BCUT2D eigenvalue weighted by molar-refractivity contribution is 0.296. The van der Waals surface area contributed by atoms with Crippen LogP contribution < -0.4 is 0 Å². The largest absolute Gasteiger partial charge is 0.299 e. The normalized spacial score (nSPS) is 22.5. The van der Waals surface area contributed by atoms with Gasteiger partial charge in [-0.1, -0.05) is 19.9 Å². The van der Waals surface area contributed by atoms with E-state index in [1.54, 1.807) is 0 Å². The second-order valence-corrected chi connectivity index (χ2v) is 4.89.